The summed E-state index contributed by atoms with van der Waals surface area (Å²) in [6.07, 6.45) is 1.83. The van der Waals surface area contributed by atoms with Crippen LogP contribution < -0.4 is 16.6 Å². The maximum absolute atomic E-state index is 5.55. The van der Waals surface area contributed by atoms with Crippen molar-refractivity contribution in [1.29, 1.82) is 0 Å². The third-order valence-electron chi connectivity index (χ3n) is 3.26. The highest BCUT2D eigenvalue weighted by Gasteiger charge is 2.14. The molecule has 1 atom stereocenters. The quantitative estimate of drug-likeness (QED) is 0.562. The number of aromatic nitrogens is 3. The lowest BCUT2D eigenvalue weighted by molar-refractivity contribution is 0.760. The molecule has 7 heteroatoms. The third-order valence-corrected chi connectivity index (χ3v) is 4.27. The lowest BCUT2D eigenvalue weighted by Gasteiger charge is -2.16. The molecule has 114 valence electrons. The van der Waals surface area contributed by atoms with E-state index in [0.717, 1.165) is 28.8 Å². The molecule has 0 bridgehead atoms. The van der Waals surface area contributed by atoms with Crippen LogP contribution in [0, 0.1) is 6.92 Å². The summed E-state index contributed by atoms with van der Waals surface area (Å²) in [7, 11) is 0. The zero-order valence-corrected chi connectivity index (χ0v) is 13.7. The van der Waals surface area contributed by atoms with Crippen LogP contribution in [0.4, 0.5) is 11.6 Å². The molecular formula is C14H22N6S. The maximum atomic E-state index is 5.55. The molecule has 1 unspecified atom stereocenters. The second-order valence-electron chi connectivity index (χ2n) is 5.36. The standard InChI is InChI=1S/C14H22N6S/c1-8(2)11-18-12(10(4)13(19-11)20-15)17-7-9(3)14-16-5-6-21-14/h5-6,8-9H,7,15H2,1-4H3,(H2,17,18,19,20). The van der Waals surface area contributed by atoms with Crippen LogP contribution in [0.3, 0.4) is 0 Å². The summed E-state index contributed by atoms with van der Waals surface area (Å²) < 4.78 is 0. The van der Waals surface area contributed by atoms with Crippen molar-refractivity contribution in [1.82, 2.24) is 15.0 Å². The largest absolute Gasteiger partial charge is 0.369 e. The Bertz CT molecular complexity index is 581. The number of nitrogens with one attached hydrogen (secondary N) is 2. The molecule has 0 fully saturated rings. The van der Waals surface area contributed by atoms with Crippen molar-refractivity contribution in [3.05, 3.63) is 28.0 Å². The zero-order valence-electron chi connectivity index (χ0n) is 12.8. The van der Waals surface area contributed by atoms with Crippen molar-refractivity contribution in [3.8, 4) is 0 Å². The Kier molecular flexibility index (Phi) is 5.08. The molecule has 6 nitrogen and oxygen atoms in total. The summed E-state index contributed by atoms with van der Waals surface area (Å²) in [5, 5.41) is 6.51. The fourth-order valence-corrected chi connectivity index (χ4v) is 2.62. The van der Waals surface area contributed by atoms with Crippen molar-refractivity contribution in [2.24, 2.45) is 5.84 Å². The first-order chi connectivity index (χ1) is 10.0. The van der Waals surface area contributed by atoms with Gasteiger partial charge in [0, 0.05) is 35.5 Å². The van der Waals surface area contributed by atoms with E-state index in [4.69, 9.17) is 5.84 Å². The van der Waals surface area contributed by atoms with E-state index < -0.39 is 0 Å². The van der Waals surface area contributed by atoms with Crippen molar-refractivity contribution >= 4 is 23.0 Å². The lowest BCUT2D eigenvalue weighted by atomic mass is 10.1. The molecular weight excluding hydrogens is 284 g/mol. The van der Waals surface area contributed by atoms with Gasteiger partial charge in [-0.1, -0.05) is 20.8 Å². The van der Waals surface area contributed by atoms with E-state index >= 15 is 0 Å². The molecule has 2 aromatic heterocycles. The summed E-state index contributed by atoms with van der Waals surface area (Å²) >= 11 is 1.67. The van der Waals surface area contributed by atoms with Gasteiger partial charge in [0.2, 0.25) is 0 Å². The smallest absolute Gasteiger partial charge is 0.148 e. The first-order valence-corrected chi connectivity index (χ1v) is 7.89. The maximum Gasteiger partial charge on any atom is 0.148 e. The number of anilines is 2. The van der Waals surface area contributed by atoms with E-state index in [1.807, 2.05) is 18.5 Å². The Morgan fingerprint density at radius 1 is 1.24 bits per heavy atom. The Labute approximate surface area is 129 Å². The van der Waals surface area contributed by atoms with E-state index in [9.17, 15) is 0 Å². The predicted octanol–water partition coefficient (Wildman–Crippen LogP) is 2.87. The molecule has 2 aromatic rings. The number of rotatable bonds is 6. The number of hydrazine groups is 1. The minimum atomic E-state index is 0.245. The molecule has 0 amide bonds. The number of thiazole rings is 1. The third kappa shape index (κ3) is 3.68. The first kappa shape index (κ1) is 15.7. The molecule has 2 heterocycles. The molecule has 0 radical (unpaired) electrons. The number of nitrogen functional groups attached to an aromatic ring is 1. The molecule has 0 aliphatic heterocycles. The number of nitrogens with zero attached hydrogens (tertiary/aromatic N) is 3. The fourth-order valence-electron chi connectivity index (χ4n) is 1.92. The second-order valence-corrected chi connectivity index (χ2v) is 6.28. The van der Waals surface area contributed by atoms with Gasteiger partial charge in [0.1, 0.15) is 17.5 Å². The molecule has 2 rings (SSSR count). The SMILES string of the molecule is Cc1c(NN)nc(C(C)C)nc1NCC(C)c1nccs1. The van der Waals surface area contributed by atoms with Gasteiger partial charge in [-0.15, -0.1) is 11.3 Å². The summed E-state index contributed by atoms with van der Waals surface area (Å²) in [5.74, 6) is 8.39. The zero-order chi connectivity index (χ0) is 15.4. The summed E-state index contributed by atoms with van der Waals surface area (Å²) in [6, 6.07) is 0. The van der Waals surface area contributed by atoms with Crippen molar-refractivity contribution in [3.63, 3.8) is 0 Å². The molecule has 4 N–H and O–H groups in total. The van der Waals surface area contributed by atoms with Gasteiger partial charge in [0.05, 0.1) is 5.01 Å². The van der Waals surface area contributed by atoms with Crippen LogP contribution in [0.15, 0.2) is 11.6 Å². The summed E-state index contributed by atoms with van der Waals surface area (Å²) in [6.45, 7) is 9.00. The molecule has 0 aliphatic carbocycles. The normalized spacial score (nSPS) is 12.5. The van der Waals surface area contributed by atoms with Crippen LogP contribution in [0.1, 0.15) is 49.0 Å². The molecule has 0 saturated heterocycles. The van der Waals surface area contributed by atoms with E-state index in [1.165, 1.54) is 0 Å². The van der Waals surface area contributed by atoms with Crippen LogP contribution >= 0.6 is 11.3 Å². The van der Waals surface area contributed by atoms with Crippen LogP contribution in [0.25, 0.3) is 0 Å². The van der Waals surface area contributed by atoms with Gasteiger partial charge < -0.3 is 10.7 Å². The van der Waals surface area contributed by atoms with E-state index in [1.54, 1.807) is 11.3 Å². The van der Waals surface area contributed by atoms with E-state index in [2.05, 4.69) is 46.5 Å². The van der Waals surface area contributed by atoms with Gasteiger partial charge in [-0.2, -0.15) is 0 Å². The predicted molar refractivity (Wildman–Crippen MR) is 87.7 cm³/mol. The summed E-state index contributed by atoms with van der Waals surface area (Å²) in [5.41, 5.74) is 3.57. The topological polar surface area (TPSA) is 88.8 Å². The van der Waals surface area contributed by atoms with Gasteiger partial charge in [-0.25, -0.2) is 20.8 Å². The van der Waals surface area contributed by atoms with Crippen molar-refractivity contribution in [2.45, 2.75) is 39.5 Å². The van der Waals surface area contributed by atoms with Crippen molar-refractivity contribution < 1.29 is 0 Å². The number of hydrogen-bond donors (Lipinski definition) is 3. The Balaban J connectivity index is 2.17. The van der Waals surface area contributed by atoms with Gasteiger partial charge in [0.25, 0.3) is 0 Å². The van der Waals surface area contributed by atoms with Crippen LogP contribution in [-0.2, 0) is 0 Å². The summed E-state index contributed by atoms with van der Waals surface area (Å²) in [4.78, 5) is 13.4. The lowest BCUT2D eigenvalue weighted by Crippen LogP contribution is -2.17. The fraction of sp³-hybridized carbons (Fsp3) is 0.500. The minimum absolute atomic E-state index is 0.245. The second kappa shape index (κ2) is 6.82. The number of hydrogen-bond acceptors (Lipinski definition) is 7. The number of nitrogens with two attached hydrogens (primary N) is 1. The Hall–Kier alpha value is -1.73. The molecule has 0 saturated carbocycles. The average Bonchev–Trinajstić information content (AvgIpc) is 2.99. The molecule has 21 heavy (non-hydrogen) atoms. The first-order valence-electron chi connectivity index (χ1n) is 7.01. The van der Waals surface area contributed by atoms with E-state index in [0.29, 0.717) is 11.7 Å². The average molecular weight is 306 g/mol. The van der Waals surface area contributed by atoms with Gasteiger partial charge in [-0.05, 0) is 6.92 Å². The Morgan fingerprint density at radius 3 is 2.52 bits per heavy atom. The molecule has 0 aromatic carbocycles. The van der Waals surface area contributed by atoms with E-state index in [-0.39, 0.29) is 5.92 Å². The highest BCUT2D eigenvalue weighted by atomic mass is 32.1. The van der Waals surface area contributed by atoms with Gasteiger partial charge in [-0.3, -0.25) is 0 Å². The van der Waals surface area contributed by atoms with Gasteiger partial charge >= 0.3 is 0 Å². The highest BCUT2D eigenvalue weighted by molar-refractivity contribution is 7.09. The molecule has 0 aliphatic rings. The Morgan fingerprint density at radius 2 is 1.95 bits per heavy atom. The highest BCUT2D eigenvalue weighted by Crippen LogP contribution is 2.24. The van der Waals surface area contributed by atoms with Crippen LogP contribution in [0.5, 0.6) is 0 Å². The minimum Gasteiger partial charge on any atom is -0.369 e. The monoisotopic (exact) mass is 306 g/mol. The van der Waals surface area contributed by atoms with Crippen molar-refractivity contribution in [2.75, 3.05) is 17.3 Å². The van der Waals surface area contributed by atoms with Crippen LogP contribution in [0.2, 0.25) is 0 Å². The van der Waals surface area contributed by atoms with Gasteiger partial charge in [0.15, 0.2) is 0 Å². The van der Waals surface area contributed by atoms with Crippen LogP contribution in [-0.4, -0.2) is 21.5 Å². The molecule has 0 spiro atoms.